The van der Waals surface area contributed by atoms with E-state index in [1.165, 1.54) is 0 Å². The predicted molar refractivity (Wildman–Crippen MR) is 85.5 cm³/mol. The molecule has 116 valence electrons. The molecule has 1 amide bonds. The minimum Gasteiger partial charge on any atom is -0.332 e. The van der Waals surface area contributed by atoms with Gasteiger partial charge in [-0.15, -0.1) is 0 Å². The van der Waals surface area contributed by atoms with Gasteiger partial charge in [0.2, 0.25) is 0 Å². The zero-order valence-electron chi connectivity index (χ0n) is 12.6. The number of fused-ring (bicyclic) bond motifs is 1. The Bertz CT molecular complexity index is 827. The fourth-order valence-corrected chi connectivity index (χ4v) is 4.45. The van der Waals surface area contributed by atoms with Gasteiger partial charge in [-0.25, -0.2) is 8.42 Å². The summed E-state index contributed by atoms with van der Waals surface area (Å²) in [4.78, 5) is 18.7. The van der Waals surface area contributed by atoms with E-state index in [9.17, 15) is 13.2 Å². The SMILES string of the molecule is C[C@@H]1[C@H](C)N(C(=O)c2nccc3ccccc23)CCS1(=O)=O. The molecule has 1 fully saturated rings. The van der Waals surface area contributed by atoms with Crippen LogP contribution in [-0.2, 0) is 9.84 Å². The molecule has 0 aliphatic carbocycles. The van der Waals surface area contributed by atoms with Gasteiger partial charge in [0.15, 0.2) is 9.84 Å². The highest BCUT2D eigenvalue weighted by Crippen LogP contribution is 2.24. The molecule has 6 heteroatoms. The number of carbonyl (C=O) groups is 1. The third kappa shape index (κ3) is 2.37. The quantitative estimate of drug-likeness (QED) is 0.805. The third-order valence-corrected chi connectivity index (χ3v) is 6.77. The molecular weight excluding hydrogens is 300 g/mol. The third-order valence-electron chi connectivity index (χ3n) is 4.49. The van der Waals surface area contributed by atoms with Crippen molar-refractivity contribution >= 4 is 26.5 Å². The number of rotatable bonds is 1. The van der Waals surface area contributed by atoms with Crippen LogP contribution in [0.4, 0.5) is 0 Å². The average molecular weight is 318 g/mol. The maximum atomic E-state index is 12.8. The Morgan fingerprint density at radius 1 is 1.23 bits per heavy atom. The van der Waals surface area contributed by atoms with Crippen molar-refractivity contribution in [1.29, 1.82) is 0 Å². The highest BCUT2D eigenvalue weighted by atomic mass is 32.2. The lowest BCUT2D eigenvalue weighted by atomic mass is 10.1. The first-order valence-corrected chi connectivity index (χ1v) is 8.99. The standard InChI is InChI=1S/C16H18N2O3S/c1-11-12(2)22(20,21)10-9-18(11)16(19)15-14-6-4-3-5-13(14)7-8-17-15/h3-8,11-12H,9-10H2,1-2H3/t11-,12+/m0/s1. The van der Waals surface area contributed by atoms with Crippen LogP contribution < -0.4 is 0 Å². The molecule has 1 aromatic heterocycles. The first kappa shape index (κ1) is 15.0. The molecule has 22 heavy (non-hydrogen) atoms. The highest BCUT2D eigenvalue weighted by Gasteiger charge is 2.38. The maximum absolute atomic E-state index is 12.8. The van der Waals surface area contributed by atoms with Crippen LogP contribution in [0.25, 0.3) is 10.8 Å². The van der Waals surface area contributed by atoms with Crippen LogP contribution in [0.5, 0.6) is 0 Å². The van der Waals surface area contributed by atoms with Crippen molar-refractivity contribution in [3.8, 4) is 0 Å². The van der Waals surface area contributed by atoms with E-state index in [-0.39, 0.29) is 24.2 Å². The molecular formula is C16H18N2O3S. The molecule has 2 atom stereocenters. The second kappa shape index (κ2) is 5.35. The molecule has 1 saturated heterocycles. The first-order chi connectivity index (χ1) is 10.4. The van der Waals surface area contributed by atoms with E-state index in [0.717, 1.165) is 10.8 Å². The molecule has 2 heterocycles. The number of pyridine rings is 1. The zero-order chi connectivity index (χ0) is 15.9. The molecule has 0 saturated carbocycles. The summed E-state index contributed by atoms with van der Waals surface area (Å²) < 4.78 is 23.9. The van der Waals surface area contributed by atoms with Crippen molar-refractivity contribution in [2.24, 2.45) is 0 Å². The van der Waals surface area contributed by atoms with Crippen LogP contribution in [0.1, 0.15) is 24.3 Å². The highest BCUT2D eigenvalue weighted by molar-refractivity contribution is 7.92. The maximum Gasteiger partial charge on any atom is 0.273 e. The summed E-state index contributed by atoms with van der Waals surface area (Å²) in [5.74, 6) is -0.194. The van der Waals surface area contributed by atoms with Crippen LogP contribution in [0.15, 0.2) is 36.5 Å². The summed E-state index contributed by atoms with van der Waals surface area (Å²) in [5.41, 5.74) is 0.386. The van der Waals surface area contributed by atoms with E-state index in [4.69, 9.17) is 0 Å². The number of benzene rings is 1. The van der Waals surface area contributed by atoms with Gasteiger partial charge in [-0.05, 0) is 25.3 Å². The van der Waals surface area contributed by atoms with Gasteiger partial charge in [0.25, 0.3) is 5.91 Å². The Morgan fingerprint density at radius 3 is 2.73 bits per heavy atom. The molecule has 0 bridgehead atoms. The van der Waals surface area contributed by atoms with Gasteiger partial charge in [-0.2, -0.15) is 0 Å². The molecule has 3 rings (SSSR count). The Labute approximate surface area is 129 Å². The van der Waals surface area contributed by atoms with E-state index < -0.39 is 15.1 Å². The summed E-state index contributed by atoms with van der Waals surface area (Å²) in [6.45, 7) is 3.66. The number of hydrogen-bond acceptors (Lipinski definition) is 4. The lowest BCUT2D eigenvalue weighted by molar-refractivity contribution is 0.0689. The fraction of sp³-hybridized carbons (Fsp3) is 0.375. The van der Waals surface area contributed by atoms with Gasteiger partial charge < -0.3 is 4.90 Å². The summed E-state index contributed by atoms with van der Waals surface area (Å²) in [7, 11) is -3.12. The number of sulfone groups is 1. The number of nitrogens with zero attached hydrogens (tertiary/aromatic N) is 2. The van der Waals surface area contributed by atoms with Crippen molar-refractivity contribution < 1.29 is 13.2 Å². The number of carbonyl (C=O) groups excluding carboxylic acids is 1. The molecule has 2 aromatic rings. The van der Waals surface area contributed by atoms with Crippen LogP contribution in [-0.4, -0.2) is 47.8 Å². The molecule has 5 nitrogen and oxygen atoms in total. The Balaban J connectivity index is 2.00. The Hall–Kier alpha value is -1.95. The predicted octanol–water partition coefficient (Wildman–Crippen LogP) is 1.88. The minimum atomic E-state index is -3.12. The van der Waals surface area contributed by atoms with Gasteiger partial charge in [0.05, 0.1) is 11.0 Å². The van der Waals surface area contributed by atoms with E-state index in [2.05, 4.69) is 4.98 Å². The monoisotopic (exact) mass is 318 g/mol. The zero-order valence-corrected chi connectivity index (χ0v) is 13.4. The Morgan fingerprint density at radius 2 is 1.95 bits per heavy atom. The van der Waals surface area contributed by atoms with Crippen LogP contribution >= 0.6 is 0 Å². The number of hydrogen-bond donors (Lipinski definition) is 0. The molecule has 0 N–H and O–H groups in total. The normalized spacial score (nSPS) is 24.4. The van der Waals surface area contributed by atoms with Crippen molar-refractivity contribution in [1.82, 2.24) is 9.88 Å². The molecule has 1 aliphatic rings. The number of aromatic nitrogens is 1. The second-order valence-electron chi connectivity index (χ2n) is 5.69. The van der Waals surface area contributed by atoms with Crippen LogP contribution in [0, 0.1) is 0 Å². The van der Waals surface area contributed by atoms with Gasteiger partial charge in [0.1, 0.15) is 5.69 Å². The molecule has 0 radical (unpaired) electrons. The first-order valence-electron chi connectivity index (χ1n) is 7.28. The van der Waals surface area contributed by atoms with Crippen molar-refractivity contribution in [3.63, 3.8) is 0 Å². The van der Waals surface area contributed by atoms with Gasteiger partial charge in [-0.1, -0.05) is 24.3 Å². The number of amides is 1. The smallest absolute Gasteiger partial charge is 0.273 e. The van der Waals surface area contributed by atoms with Gasteiger partial charge in [-0.3, -0.25) is 9.78 Å². The topological polar surface area (TPSA) is 67.3 Å². The van der Waals surface area contributed by atoms with Crippen molar-refractivity contribution in [2.45, 2.75) is 25.1 Å². The molecule has 1 aliphatic heterocycles. The van der Waals surface area contributed by atoms with Crippen LogP contribution in [0.2, 0.25) is 0 Å². The molecule has 1 aromatic carbocycles. The van der Waals surface area contributed by atoms with Gasteiger partial charge >= 0.3 is 0 Å². The van der Waals surface area contributed by atoms with Crippen LogP contribution in [0.3, 0.4) is 0 Å². The van der Waals surface area contributed by atoms with Crippen molar-refractivity contribution in [3.05, 3.63) is 42.2 Å². The van der Waals surface area contributed by atoms with E-state index in [1.54, 1.807) is 24.9 Å². The lowest BCUT2D eigenvalue weighted by Crippen LogP contribution is -2.54. The van der Waals surface area contributed by atoms with Crippen molar-refractivity contribution in [2.75, 3.05) is 12.3 Å². The molecule has 0 spiro atoms. The summed E-state index contributed by atoms with van der Waals surface area (Å²) in [6, 6.07) is 9.08. The summed E-state index contributed by atoms with van der Waals surface area (Å²) >= 11 is 0. The van der Waals surface area contributed by atoms with E-state index >= 15 is 0 Å². The van der Waals surface area contributed by atoms with Gasteiger partial charge in [0, 0.05) is 24.2 Å². The largest absolute Gasteiger partial charge is 0.332 e. The van der Waals surface area contributed by atoms with E-state index in [1.807, 2.05) is 30.3 Å². The fourth-order valence-electron chi connectivity index (χ4n) is 2.88. The summed E-state index contributed by atoms with van der Waals surface area (Å²) in [6.07, 6.45) is 1.62. The minimum absolute atomic E-state index is 0.00894. The molecule has 0 unspecified atom stereocenters. The lowest BCUT2D eigenvalue weighted by Gasteiger charge is -2.37. The van der Waals surface area contributed by atoms with E-state index in [0.29, 0.717) is 5.69 Å². The summed E-state index contributed by atoms with van der Waals surface area (Å²) in [5, 5.41) is 1.19. The Kier molecular flexibility index (Phi) is 3.64. The second-order valence-corrected chi connectivity index (χ2v) is 8.17. The average Bonchev–Trinajstić information content (AvgIpc) is 2.52.